The summed E-state index contributed by atoms with van der Waals surface area (Å²) in [6.07, 6.45) is 6.06. The Morgan fingerprint density at radius 3 is 2.58 bits per heavy atom. The summed E-state index contributed by atoms with van der Waals surface area (Å²) in [5, 5.41) is 8.63. The van der Waals surface area contributed by atoms with Crippen molar-refractivity contribution in [2.75, 3.05) is 13.1 Å². The number of benzene rings is 1. The van der Waals surface area contributed by atoms with Crippen LogP contribution in [-0.2, 0) is 11.3 Å². The van der Waals surface area contributed by atoms with Crippen LogP contribution in [0.3, 0.4) is 0 Å². The van der Waals surface area contributed by atoms with Crippen molar-refractivity contribution in [2.24, 2.45) is 0 Å². The highest BCUT2D eigenvalue weighted by Crippen LogP contribution is 2.39. The number of likely N-dealkylation sites (tertiary alicyclic amines) is 2. The van der Waals surface area contributed by atoms with Gasteiger partial charge in [0.05, 0.1) is 17.6 Å². The minimum absolute atomic E-state index is 0.265. The molecular weight excluding hydrogens is 326 g/mol. The van der Waals surface area contributed by atoms with Crippen LogP contribution in [0.2, 0.25) is 0 Å². The maximum absolute atomic E-state index is 13.3. The Bertz CT molecular complexity index is 772. The van der Waals surface area contributed by atoms with E-state index in [0.717, 1.165) is 50.2 Å². The summed E-state index contributed by atoms with van der Waals surface area (Å²) in [7, 11) is 0. The lowest BCUT2D eigenvalue weighted by Gasteiger charge is -2.45. The molecule has 4 rings (SSSR count). The van der Waals surface area contributed by atoms with Crippen LogP contribution in [0.25, 0.3) is 5.69 Å². The van der Waals surface area contributed by atoms with Gasteiger partial charge in [-0.25, -0.2) is 4.68 Å². The molecule has 2 aliphatic heterocycles. The third-order valence-electron chi connectivity index (χ3n) is 5.81. The van der Waals surface area contributed by atoms with Crippen LogP contribution in [0, 0.1) is 0 Å². The molecule has 1 aromatic carbocycles. The summed E-state index contributed by atoms with van der Waals surface area (Å²) in [5.74, 6) is 0.312. The van der Waals surface area contributed by atoms with Crippen molar-refractivity contribution in [2.45, 2.75) is 57.7 Å². The smallest absolute Gasteiger partial charge is 0.243 e. The molecule has 6 nitrogen and oxygen atoms in total. The van der Waals surface area contributed by atoms with Gasteiger partial charge >= 0.3 is 0 Å². The van der Waals surface area contributed by atoms with Gasteiger partial charge in [-0.15, -0.1) is 5.10 Å². The molecule has 1 unspecified atom stereocenters. The Hall–Kier alpha value is -2.21. The van der Waals surface area contributed by atoms with E-state index >= 15 is 0 Å². The number of piperidine rings is 1. The minimum Gasteiger partial charge on any atom is -0.339 e. The Labute approximate surface area is 154 Å². The van der Waals surface area contributed by atoms with Crippen molar-refractivity contribution in [3.63, 3.8) is 0 Å². The van der Waals surface area contributed by atoms with E-state index in [1.165, 1.54) is 0 Å². The number of para-hydroxylation sites is 1. The number of hydrogen-bond acceptors (Lipinski definition) is 4. The normalized spacial score (nSPS) is 24.1. The summed E-state index contributed by atoms with van der Waals surface area (Å²) >= 11 is 0. The van der Waals surface area contributed by atoms with Gasteiger partial charge in [-0.1, -0.05) is 23.4 Å². The van der Waals surface area contributed by atoms with E-state index in [-0.39, 0.29) is 11.6 Å². The van der Waals surface area contributed by atoms with Crippen molar-refractivity contribution in [1.82, 2.24) is 24.8 Å². The number of hydrogen-bond donors (Lipinski definition) is 0. The largest absolute Gasteiger partial charge is 0.339 e. The second-order valence-electron chi connectivity index (χ2n) is 7.74. The molecule has 138 valence electrons. The Morgan fingerprint density at radius 1 is 1.12 bits per heavy atom. The van der Waals surface area contributed by atoms with E-state index in [9.17, 15) is 4.79 Å². The molecule has 2 fully saturated rings. The molecule has 26 heavy (non-hydrogen) atoms. The summed E-state index contributed by atoms with van der Waals surface area (Å²) < 4.78 is 1.81. The van der Waals surface area contributed by atoms with E-state index in [2.05, 4.69) is 34.0 Å². The molecule has 0 bridgehead atoms. The summed E-state index contributed by atoms with van der Waals surface area (Å²) in [5.41, 5.74) is 1.59. The SMILES string of the molecule is CC(C)N1CCCC2(CCCN2Cc2cn(-c3ccccc3)nn2)C1=O. The molecule has 1 atom stereocenters. The van der Waals surface area contributed by atoms with Gasteiger partial charge in [0.25, 0.3) is 0 Å². The maximum atomic E-state index is 13.3. The minimum atomic E-state index is -0.334. The fraction of sp³-hybridized carbons (Fsp3) is 0.550. The van der Waals surface area contributed by atoms with Crippen molar-refractivity contribution in [1.29, 1.82) is 0 Å². The van der Waals surface area contributed by atoms with Gasteiger partial charge < -0.3 is 4.90 Å². The summed E-state index contributed by atoms with van der Waals surface area (Å²) in [6.45, 7) is 6.75. The molecule has 0 N–H and O–H groups in total. The molecule has 0 radical (unpaired) electrons. The van der Waals surface area contributed by atoms with Crippen LogP contribution < -0.4 is 0 Å². The van der Waals surface area contributed by atoms with Crippen LogP contribution in [0.1, 0.15) is 45.2 Å². The zero-order chi connectivity index (χ0) is 18.1. The van der Waals surface area contributed by atoms with Crippen LogP contribution in [0.5, 0.6) is 0 Å². The van der Waals surface area contributed by atoms with Gasteiger partial charge in [0.2, 0.25) is 5.91 Å². The first-order valence-electron chi connectivity index (χ1n) is 9.63. The lowest BCUT2D eigenvalue weighted by atomic mass is 9.84. The monoisotopic (exact) mass is 353 g/mol. The molecule has 2 saturated heterocycles. The zero-order valence-electron chi connectivity index (χ0n) is 15.6. The van der Waals surface area contributed by atoms with Gasteiger partial charge in [-0.2, -0.15) is 0 Å². The van der Waals surface area contributed by atoms with E-state index < -0.39 is 0 Å². The predicted octanol–water partition coefficient (Wildman–Crippen LogP) is 2.63. The van der Waals surface area contributed by atoms with Crippen molar-refractivity contribution in [3.8, 4) is 5.69 Å². The number of aromatic nitrogens is 3. The Morgan fingerprint density at radius 2 is 1.85 bits per heavy atom. The molecule has 1 spiro atoms. The Balaban J connectivity index is 1.54. The first-order chi connectivity index (χ1) is 12.6. The lowest BCUT2D eigenvalue weighted by Crippen LogP contribution is -2.61. The lowest BCUT2D eigenvalue weighted by molar-refractivity contribution is -0.149. The third kappa shape index (κ3) is 2.92. The molecule has 3 heterocycles. The number of carbonyl (C=O) groups excluding carboxylic acids is 1. The van der Waals surface area contributed by atoms with E-state index in [1.54, 1.807) is 4.68 Å². The van der Waals surface area contributed by atoms with Gasteiger partial charge in [0.1, 0.15) is 5.54 Å². The second kappa shape index (κ2) is 6.83. The van der Waals surface area contributed by atoms with E-state index in [1.807, 2.05) is 36.5 Å². The fourth-order valence-corrected chi connectivity index (χ4v) is 4.47. The van der Waals surface area contributed by atoms with Gasteiger partial charge in [-0.3, -0.25) is 9.69 Å². The highest BCUT2D eigenvalue weighted by Gasteiger charge is 2.51. The third-order valence-corrected chi connectivity index (χ3v) is 5.81. The van der Waals surface area contributed by atoms with E-state index in [0.29, 0.717) is 12.5 Å². The number of carbonyl (C=O) groups is 1. The van der Waals surface area contributed by atoms with Crippen LogP contribution >= 0.6 is 0 Å². The fourth-order valence-electron chi connectivity index (χ4n) is 4.47. The number of amides is 1. The average Bonchev–Trinajstić information content (AvgIpc) is 3.27. The predicted molar refractivity (Wildman–Crippen MR) is 99.8 cm³/mol. The number of nitrogens with zero attached hydrogens (tertiary/aromatic N) is 5. The van der Waals surface area contributed by atoms with Gasteiger partial charge in [0.15, 0.2) is 0 Å². The highest BCUT2D eigenvalue weighted by molar-refractivity contribution is 5.87. The number of rotatable bonds is 4. The molecule has 0 saturated carbocycles. The topological polar surface area (TPSA) is 54.3 Å². The van der Waals surface area contributed by atoms with Gasteiger partial charge in [-0.05, 0) is 58.2 Å². The van der Waals surface area contributed by atoms with Crippen molar-refractivity contribution >= 4 is 5.91 Å². The van der Waals surface area contributed by atoms with Gasteiger partial charge in [0, 0.05) is 19.1 Å². The quantitative estimate of drug-likeness (QED) is 0.848. The van der Waals surface area contributed by atoms with Crippen LogP contribution in [0.4, 0.5) is 0 Å². The first-order valence-corrected chi connectivity index (χ1v) is 9.63. The first kappa shape index (κ1) is 17.2. The molecule has 1 amide bonds. The molecular formula is C20H27N5O. The molecule has 2 aliphatic rings. The zero-order valence-corrected chi connectivity index (χ0v) is 15.6. The highest BCUT2D eigenvalue weighted by atomic mass is 16.2. The maximum Gasteiger partial charge on any atom is 0.243 e. The molecule has 2 aromatic rings. The van der Waals surface area contributed by atoms with Crippen molar-refractivity contribution in [3.05, 3.63) is 42.2 Å². The van der Waals surface area contributed by atoms with Crippen molar-refractivity contribution < 1.29 is 4.79 Å². The summed E-state index contributed by atoms with van der Waals surface area (Å²) in [6, 6.07) is 10.3. The molecule has 6 heteroatoms. The standard InChI is InChI=1S/C20H27N5O/c1-16(2)24-13-7-11-20(19(24)26)10-6-12-23(20)14-17-15-25(22-21-17)18-8-4-3-5-9-18/h3-5,8-9,15-16H,6-7,10-14H2,1-2H3. The Kier molecular flexibility index (Phi) is 4.53. The van der Waals surface area contributed by atoms with E-state index in [4.69, 9.17) is 0 Å². The summed E-state index contributed by atoms with van der Waals surface area (Å²) in [4.78, 5) is 17.7. The molecule has 0 aliphatic carbocycles. The van der Waals surface area contributed by atoms with Crippen LogP contribution in [0.15, 0.2) is 36.5 Å². The second-order valence-corrected chi connectivity index (χ2v) is 7.74. The average molecular weight is 353 g/mol. The van der Waals surface area contributed by atoms with Crippen LogP contribution in [-0.4, -0.2) is 55.4 Å². The molecule has 1 aromatic heterocycles.